The Hall–Kier alpha value is -1.73. The number of rotatable bonds is 14. The number of piperazine rings is 1. The van der Waals surface area contributed by atoms with Gasteiger partial charge in [-0.15, -0.1) is 0 Å². The van der Waals surface area contributed by atoms with E-state index in [1.165, 1.54) is 64.2 Å². The summed E-state index contributed by atoms with van der Waals surface area (Å²) in [6.45, 7) is 7.42. The van der Waals surface area contributed by atoms with Crippen molar-refractivity contribution in [2.24, 2.45) is 11.8 Å². The predicted molar refractivity (Wildman–Crippen MR) is 158 cm³/mol. The van der Waals surface area contributed by atoms with Crippen molar-refractivity contribution in [3.63, 3.8) is 0 Å². The summed E-state index contributed by atoms with van der Waals surface area (Å²) in [5.41, 5.74) is 6.10. The summed E-state index contributed by atoms with van der Waals surface area (Å²) in [5.74, 6) is 2.98. The van der Waals surface area contributed by atoms with Crippen LogP contribution in [0.5, 0.6) is 0 Å². The molecule has 3 fully saturated rings. The Balaban J connectivity index is 1.09. The second kappa shape index (κ2) is 15.3. The normalized spacial score (nSPS) is 23.7. The molecule has 0 radical (unpaired) electrons. The fourth-order valence-electron chi connectivity index (χ4n) is 6.15. The van der Waals surface area contributed by atoms with Gasteiger partial charge in [0.25, 0.3) is 10.1 Å². The lowest BCUT2D eigenvalue weighted by atomic mass is 9.82. The van der Waals surface area contributed by atoms with Gasteiger partial charge in [-0.3, -0.25) is 9.45 Å². The van der Waals surface area contributed by atoms with Crippen LogP contribution < -0.4 is 26.6 Å². The van der Waals surface area contributed by atoms with E-state index in [-0.39, 0.29) is 5.75 Å². The minimum atomic E-state index is -3.94. The van der Waals surface area contributed by atoms with Crippen LogP contribution in [0, 0.1) is 11.8 Å². The van der Waals surface area contributed by atoms with Crippen molar-refractivity contribution in [1.82, 2.24) is 25.5 Å². The second-order valence-corrected chi connectivity index (χ2v) is 13.3. The maximum atomic E-state index is 11.0. The fraction of sp³-hybridized carbons (Fsp3) is 0.852. The third-order valence-electron chi connectivity index (χ3n) is 8.61. The van der Waals surface area contributed by atoms with Gasteiger partial charge in [0.15, 0.2) is 0 Å². The molecular formula is C27H50N8O3S. The van der Waals surface area contributed by atoms with Gasteiger partial charge in [0, 0.05) is 51.4 Å². The van der Waals surface area contributed by atoms with Crippen LogP contribution in [-0.2, 0) is 10.1 Å². The van der Waals surface area contributed by atoms with Gasteiger partial charge in [0.2, 0.25) is 5.95 Å². The van der Waals surface area contributed by atoms with Crippen LogP contribution in [0.4, 0.5) is 17.6 Å². The molecule has 0 bridgehead atoms. The van der Waals surface area contributed by atoms with Crippen molar-refractivity contribution in [3.05, 3.63) is 6.07 Å². The first kappa shape index (κ1) is 30.2. The van der Waals surface area contributed by atoms with E-state index in [0.29, 0.717) is 37.3 Å². The van der Waals surface area contributed by atoms with Crippen LogP contribution in [0.15, 0.2) is 6.07 Å². The molecule has 0 aromatic carbocycles. The summed E-state index contributed by atoms with van der Waals surface area (Å²) >= 11 is 0. The minimum absolute atomic E-state index is 0.238. The SMILES string of the molecule is Nc1cc(N2CCN(CCS(=O)(=O)O)CC2)nc(NCC2CCC(CNCCCNC3CCCCC3)CC2)n1. The molecular weight excluding hydrogens is 516 g/mol. The van der Waals surface area contributed by atoms with Crippen LogP contribution in [0.2, 0.25) is 0 Å². The molecule has 3 aliphatic rings. The second-order valence-electron chi connectivity index (χ2n) is 11.7. The van der Waals surface area contributed by atoms with Gasteiger partial charge < -0.3 is 26.6 Å². The Morgan fingerprint density at radius 1 is 0.923 bits per heavy atom. The molecule has 1 saturated heterocycles. The molecule has 4 rings (SSSR count). The van der Waals surface area contributed by atoms with E-state index in [0.717, 1.165) is 57.0 Å². The van der Waals surface area contributed by atoms with Gasteiger partial charge in [-0.05, 0) is 76.4 Å². The molecule has 2 aliphatic carbocycles. The van der Waals surface area contributed by atoms with Gasteiger partial charge in [-0.1, -0.05) is 19.3 Å². The van der Waals surface area contributed by atoms with Crippen molar-refractivity contribution in [2.45, 2.75) is 70.3 Å². The summed E-state index contributed by atoms with van der Waals surface area (Å²) in [5, 5.41) is 10.9. The lowest BCUT2D eigenvalue weighted by Gasteiger charge is -2.35. The summed E-state index contributed by atoms with van der Waals surface area (Å²) in [6.07, 6.45) is 13.1. The van der Waals surface area contributed by atoms with E-state index in [9.17, 15) is 8.42 Å². The molecule has 2 heterocycles. The molecule has 0 unspecified atom stereocenters. The monoisotopic (exact) mass is 566 g/mol. The Bertz CT molecular complexity index is 960. The fourth-order valence-corrected chi connectivity index (χ4v) is 6.64. The molecule has 2 saturated carbocycles. The zero-order chi connectivity index (χ0) is 27.5. The number of nitrogens with zero attached hydrogens (tertiary/aromatic N) is 4. The Morgan fingerprint density at radius 3 is 2.31 bits per heavy atom. The summed E-state index contributed by atoms with van der Waals surface area (Å²) in [7, 11) is -3.94. The standard InChI is InChI=1S/C27H50N8O3S/c28-25-19-26(35-15-13-34(14-16-35)17-18-39(36,37)38)33-27(32-25)31-21-23-9-7-22(8-10-23)20-29-11-4-12-30-24-5-2-1-3-6-24/h19,22-24,29-30H,1-18,20-21H2,(H,36,37,38)(H3,28,31,32,33). The quantitative estimate of drug-likeness (QED) is 0.167. The summed E-state index contributed by atoms with van der Waals surface area (Å²) in [6, 6.07) is 2.55. The van der Waals surface area contributed by atoms with Crippen molar-refractivity contribution in [2.75, 3.05) is 80.6 Å². The number of aromatic nitrogens is 2. The van der Waals surface area contributed by atoms with E-state index >= 15 is 0 Å². The van der Waals surface area contributed by atoms with Crippen LogP contribution >= 0.6 is 0 Å². The maximum Gasteiger partial charge on any atom is 0.266 e. The first-order chi connectivity index (χ1) is 18.8. The zero-order valence-electron chi connectivity index (χ0n) is 23.5. The topological polar surface area (TPSA) is 149 Å². The number of hydrogen-bond acceptors (Lipinski definition) is 10. The highest BCUT2D eigenvalue weighted by atomic mass is 32.2. The van der Waals surface area contributed by atoms with Gasteiger partial charge in [0.1, 0.15) is 11.6 Å². The lowest BCUT2D eigenvalue weighted by Crippen LogP contribution is -2.48. The molecule has 0 atom stereocenters. The van der Waals surface area contributed by atoms with E-state index in [1.54, 1.807) is 6.07 Å². The molecule has 12 heteroatoms. The highest BCUT2D eigenvalue weighted by Gasteiger charge is 2.23. The number of nitrogen functional groups attached to an aromatic ring is 1. The number of nitrogens with two attached hydrogens (primary N) is 1. The Morgan fingerprint density at radius 2 is 1.62 bits per heavy atom. The van der Waals surface area contributed by atoms with E-state index < -0.39 is 10.1 Å². The molecule has 1 aromatic heterocycles. The number of anilines is 3. The molecule has 39 heavy (non-hydrogen) atoms. The van der Waals surface area contributed by atoms with Gasteiger partial charge in [-0.2, -0.15) is 18.4 Å². The number of hydrogen-bond donors (Lipinski definition) is 5. The Kier molecular flexibility index (Phi) is 11.9. The first-order valence-corrected chi connectivity index (χ1v) is 16.7. The molecule has 1 aromatic rings. The number of nitrogens with one attached hydrogen (secondary N) is 3. The third kappa shape index (κ3) is 11.0. The van der Waals surface area contributed by atoms with Crippen LogP contribution in [-0.4, -0.2) is 98.5 Å². The maximum absolute atomic E-state index is 11.0. The molecule has 0 amide bonds. The highest BCUT2D eigenvalue weighted by molar-refractivity contribution is 7.85. The van der Waals surface area contributed by atoms with Crippen LogP contribution in [0.25, 0.3) is 0 Å². The van der Waals surface area contributed by atoms with Crippen LogP contribution in [0.3, 0.4) is 0 Å². The zero-order valence-corrected chi connectivity index (χ0v) is 24.3. The third-order valence-corrected chi connectivity index (χ3v) is 9.31. The predicted octanol–water partition coefficient (Wildman–Crippen LogP) is 2.19. The molecule has 1 aliphatic heterocycles. The Labute approximate surface area is 234 Å². The van der Waals surface area contributed by atoms with Crippen molar-refractivity contribution in [3.8, 4) is 0 Å². The van der Waals surface area contributed by atoms with E-state index in [2.05, 4.69) is 25.8 Å². The largest absolute Gasteiger partial charge is 0.383 e. The van der Waals surface area contributed by atoms with Gasteiger partial charge >= 0.3 is 0 Å². The highest BCUT2D eigenvalue weighted by Crippen LogP contribution is 2.29. The first-order valence-electron chi connectivity index (χ1n) is 15.1. The van der Waals surface area contributed by atoms with Gasteiger partial charge in [0.05, 0.1) is 5.75 Å². The van der Waals surface area contributed by atoms with E-state index in [1.807, 2.05) is 4.90 Å². The van der Waals surface area contributed by atoms with Crippen molar-refractivity contribution >= 4 is 27.7 Å². The average molecular weight is 567 g/mol. The lowest BCUT2D eigenvalue weighted by molar-refractivity contribution is 0.269. The molecule has 6 N–H and O–H groups in total. The van der Waals surface area contributed by atoms with E-state index in [4.69, 9.17) is 15.3 Å². The molecule has 11 nitrogen and oxygen atoms in total. The average Bonchev–Trinajstić information content (AvgIpc) is 2.93. The minimum Gasteiger partial charge on any atom is -0.383 e. The molecule has 0 spiro atoms. The van der Waals surface area contributed by atoms with Crippen molar-refractivity contribution < 1.29 is 13.0 Å². The van der Waals surface area contributed by atoms with Crippen LogP contribution in [0.1, 0.15) is 64.2 Å². The smallest absolute Gasteiger partial charge is 0.266 e. The molecule has 222 valence electrons. The summed E-state index contributed by atoms with van der Waals surface area (Å²) < 4.78 is 31.0. The van der Waals surface area contributed by atoms with Gasteiger partial charge in [-0.25, -0.2) is 0 Å². The summed E-state index contributed by atoms with van der Waals surface area (Å²) in [4.78, 5) is 13.3. The van der Waals surface area contributed by atoms with Crippen molar-refractivity contribution in [1.29, 1.82) is 0 Å².